The highest BCUT2D eigenvalue weighted by Crippen LogP contribution is 2.20. The molecule has 0 bridgehead atoms. The van der Waals surface area contributed by atoms with Crippen LogP contribution in [-0.4, -0.2) is 24.0 Å². The van der Waals surface area contributed by atoms with Crippen molar-refractivity contribution in [2.45, 2.75) is 12.8 Å². The SMILES string of the molecule is C=CCOc1ccccc1C(=O)CC(=O)CC(=O)c1ccc(Cl)cc1. The maximum atomic E-state index is 12.3. The minimum atomic E-state index is -0.441. The Morgan fingerprint density at radius 2 is 1.60 bits per heavy atom. The van der Waals surface area contributed by atoms with Crippen molar-refractivity contribution in [1.82, 2.24) is 0 Å². The molecule has 0 spiro atoms. The largest absolute Gasteiger partial charge is 0.489 e. The van der Waals surface area contributed by atoms with Gasteiger partial charge in [0.1, 0.15) is 18.1 Å². The van der Waals surface area contributed by atoms with Crippen molar-refractivity contribution in [2.75, 3.05) is 6.61 Å². The van der Waals surface area contributed by atoms with Gasteiger partial charge in [-0.15, -0.1) is 0 Å². The van der Waals surface area contributed by atoms with Crippen LogP contribution < -0.4 is 4.74 Å². The number of ether oxygens (including phenoxy) is 1. The van der Waals surface area contributed by atoms with Crippen molar-refractivity contribution in [3.8, 4) is 5.75 Å². The Kier molecular flexibility index (Phi) is 6.66. The summed E-state index contributed by atoms with van der Waals surface area (Å²) in [6.07, 6.45) is 0.883. The summed E-state index contributed by atoms with van der Waals surface area (Å²) in [5, 5.41) is 0.509. The van der Waals surface area contributed by atoms with E-state index in [4.69, 9.17) is 16.3 Å². The first-order valence-electron chi connectivity index (χ1n) is 7.67. The summed E-state index contributed by atoms with van der Waals surface area (Å²) in [4.78, 5) is 36.5. The number of benzene rings is 2. The first-order valence-corrected chi connectivity index (χ1v) is 8.05. The molecule has 5 heteroatoms. The van der Waals surface area contributed by atoms with Gasteiger partial charge in [-0.1, -0.05) is 36.4 Å². The van der Waals surface area contributed by atoms with E-state index in [-0.39, 0.29) is 31.0 Å². The zero-order chi connectivity index (χ0) is 18.2. The fourth-order valence-corrected chi connectivity index (χ4v) is 2.35. The molecule has 0 fully saturated rings. The number of ketones is 3. The van der Waals surface area contributed by atoms with Crippen LogP contribution in [0.3, 0.4) is 0 Å². The highest BCUT2D eigenvalue weighted by Gasteiger charge is 2.18. The van der Waals surface area contributed by atoms with Crippen LogP contribution in [0.4, 0.5) is 0 Å². The van der Waals surface area contributed by atoms with Crippen LogP contribution in [0.5, 0.6) is 5.75 Å². The third-order valence-corrected chi connectivity index (χ3v) is 3.68. The summed E-state index contributed by atoms with van der Waals surface area (Å²) in [7, 11) is 0. The van der Waals surface area contributed by atoms with Crippen molar-refractivity contribution >= 4 is 29.0 Å². The third-order valence-electron chi connectivity index (χ3n) is 3.43. The quantitative estimate of drug-likeness (QED) is 0.381. The number of rotatable bonds is 9. The lowest BCUT2D eigenvalue weighted by Gasteiger charge is -2.09. The molecule has 0 atom stereocenters. The molecule has 0 aliphatic heterocycles. The molecule has 0 unspecified atom stereocenters. The summed E-state index contributed by atoms with van der Waals surface area (Å²) in [5.74, 6) is -0.771. The second-order valence-corrected chi connectivity index (χ2v) is 5.78. The van der Waals surface area contributed by atoms with Crippen molar-refractivity contribution in [2.24, 2.45) is 0 Å². The molecule has 128 valence electrons. The van der Waals surface area contributed by atoms with E-state index in [9.17, 15) is 14.4 Å². The summed E-state index contributed by atoms with van der Waals surface area (Å²) in [6.45, 7) is 3.81. The van der Waals surface area contributed by atoms with Gasteiger partial charge >= 0.3 is 0 Å². The van der Waals surface area contributed by atoms with Crippen LogP contribution in [0.15, 0.2) is 61.2 Å². The van der Waals surface area contributed by atoms with Gasteiger partial charge in [-0.25, -0.2) is 0 Å². The molecule has 0 N–H and O–H groups in total. The average molecular weight is 357 g/mol. The number of hydrogen-bond acceptors (Lipinski definition) is 4. The second-order valence-electron chi connectivity index (χ2n) is 5.34. The predicted octanol–water partition coefficient (Wildman–Crippen LogP) is 4.32. The molecule has 25 heavy (non-hydrogen) atoms. The van der Waals surface area contributed by atoms with Gasteiger partial charge < -0.3 is 4.74 Å². The molecule has 0 saturated heterocycles. The fraction of sp³-hybridized carbons (Fsp3) is 0.150. The second kappa shape index (κ2) is 8.94. The molecule has 2 aromatic rings. The van der Waals surface area contributed by atoms with Gasteiger partial charge in [0.25, 0.3) is 0 Å². The lowest BCUT2D eigenvalue weighted by molar-refractivity contribution is -0.117. The number of para-hydroxylation sites is 1. The summed E-state index contributed by atoms with van der Waals surface area (Å²) < 4.78 is 5.42. The van der Waals surface area contributed by atoms with Crippen LogP contribution in [-0.2, 0) is 4.79 Å². The molecule has 0 aliphatic rings. The molecule has 0 radical (unpaired) electrons. The zero-order valence-electron chi connectivity index (χ0n) is 13.5. The Hall–Kier alpha value is -2.72. The van der Waals surface area contributed by atoms with Crippen LogP contribution in [0.2, 0.25) is 5.02 Å². The maximum absolute atomic E-state index is 12.3. The number of halogens is 1. The molecular formula is C20H17ClO4. The fourth-order valence-electron chi connectivity index (χ4n) is 2.23. The molecule has 4 nitrogen and oxygen atoms in total. The van der Waals surface area contributed by atoms with E-state index in [1.807, 2.05) is 0 Å². The summed E-state index contributed by atoms with van der Waals surface area (Å²) >= 11 is 5.77. The molecule has 2 rings (SSSR count). The first-order chi connectivity index (χ1) is 12.0. The number of hydrogen-bond donors (Lipinski definition) is 0. The Balaban J connectivity index is 2.00. The topological polar surface area (TPSA) is 60.4 Å². The highest BCUT2D eigenvalue weighted by atomic mass is 35.5. The Morgan fingerprint density at radius 1 is 0.960 bits per heavy atom. The molecule has 2 aromatic carbocycles. The average Bonchev–Trinajstić information content (AvgIpc) is 2.60. The zero-order valence-corrected chi connectivity index (χ0v) is 14.3. The molecule has 0 aliphatic carbocycles. The van der Waals surface area contributed by atoms with Gasteiger partial charge in [-0.3, -0.25) is 14.4 Å². The Morgan fingerprint density at radius 3 is 2.28 bits per heavy atom. The molecule has 0 amide bonds. The number of carbonyl (C=O) groups is 3. The van der Waals surface area contributed by atoms with E-state index in [0.717, 1.165) is 0 Å². The predicted molar refractivity (Wildman–Crippen MR) is 96.5 cm³/mol. The van der Waals surface area contributed by atoms with Crippen LogP contribution >= 0.6 is 11.6 Å². The smallest absolute Gasteiger partial charge is 0.173 e. The van der Waals surface area contributed by atoms with E-state index in [1.54, 1.807) is 54.6 Å². The van der Waals surface area contributed by atoms with Gasteiger partial charge in [-0.2, -0.15) is 0 Å². The summed E-state index contributed by atoms with van der Waals surface area (Å²) in [5.41, 5.74) is 0.705. The van der Waals surface area contributed by atoms with Crippen LogP contribution in [0.1, 0.15) is 33.6 Å². The minimum Gasteiger partial charge on any atom is -0.489 e. The Bertz CT molecular complexity index is 794. The normalized spacial score (nSPS) is 10.1. The van der Waals surface area contributed by atoms with Crippen LogP contribution in [0.25, 0.3) is 0 Å². The van der Waals surface area contributed by atoms with E-state index >= 15 is 0 Å². The minimum absolute atomic E-state index is 0.257. The lowest BCUT2D eigenvalue weighted by atomic mass is 10.00. The van der Waals surface area contributed by atoms with Gasteiger partial charge in [0.2, 0.25) is 0 Å². The Labute approximate surface area is 151 Å². The van der Waals surface area contributed by atoms with E-state index in [2.05, 4.69) is 6.58 Å². The van der Waals surface area contributed by atoms with Crippen molar-refractivity contribution < 1.29 is 19.1 Å². The maximum Gasteiger partial charge on any atom is 0.173 e. The van der Waals surface area contributed by atoms with Gasteiger partial charge in [0, 0.05) is 10.6 Å². The van der Waals surface area contributed by atoms with Crippen molar-refractivity contribution in [3.05, 3.63) is 77.3 Å². The third kappa shape index (κ3) is 5.40. The molecule has 0 aromatic heterocycles. The van der Waals surface area contributed by atoms with E-state index in [0.29, 0.717) is 21.9 Å². The number of Topliss-reactive ketones (excluding diaryl/α,β-unsaturated/α-hetero) is 3. The van der Waals surface area contributed by atoms with E-state index < -0.39 is 5.78 Å². The monoisotopic (exact) mass is 356 g/mol. The van der Waals surface area contributed by atoms with E-state index in [1.165, 1.54) is 0 Å². The number of carbonyl (C=O) groups excluding carboxylic acids is 3. The standard InChI is InChI=1S/C20H17ClO4/c1-2-11-25-20-6-4-3-5-17(20)19(24)13-16(22)12-18(23)14-7-9-15(21)10-8-14/h2-10H,1,11-13H2. The molecular weight excluding hydrogens is 340 g/mol. The lowest BCUT2D eigenvalue weighted by Crippen LogP contribution is -2.14. The summed E-state index contributed by atoms with van der Waals surface area (Å²) in [6, 6.07) is 12.9. The highest BCUT2D eigenvalue weighted by molar-refractivity contribution is 6.30. The van der Waals surface area contributed by atoms with Gasteiger partial charge in [-0.05, 0) is 36.4 Å². The molecule has 0 saturated carbocycles. The van der Waals surface area contributed by atoms with Crippen molar-refractivity contribution in [1.29, 1.82) is 0 Å². The van der Waals surface area contributed by atoms with Crippen LogP contribution in [0, 0.1) is 0 Å². The van der Waals surface area contributed by atoms with Gasteiger partial charge in [0.05, 0.1) is 18.4 Å². The molecule has 0 heterocycles. The van der Waals surface area contributed by atoms with Gasteiger partial charge in [0.15, 0.2) is 11.6 Å². The first kappa shape index (κ1) is 18.6. The van der Waals surface area contributed by atoms with Crippen molar-refractivity contribution in [3.63, 3.8) is 0 Å².